The molecule has 2 aromatic carbocycles. The van der Waals surface area contributed by atoms with Crippen LogP contribution >= 0.6 is 0 Å². The van der Waals surface area contributed by atoms with E-state index in [4.69, 9.17) is 0 Å². The van der Waals surface area contributed by atoms with Crippen LogP contribution in [-0.4, -0.2) is 10.4 Å². The van der Waals surface area contributed by atoms with Crippen LogP contribution in [0.25, 0.3) is 10.9 Å². The fourth-order valence-corrected chi connectivity index (χ4v) is 2.62. The third-order valence-electron chi connectivity index (χ3n) is 3.76. The number of hydrogen-bond donors (Lipinski definition) is 0. The van der Waals surface area contributed by atoms with Crippen molar-refractivity contribution in [3.63, 3.8) is 0 Å². The van der Waals surface area contributed by atoms with E-state index < -0.39 is 5.82 Å². The van der Waals surface area contributed by atoms with Crippen molar-refractivity contribution in [3.8, 4) is 0 Å². The summed E-state index contributed by atoms with van der Waals surface area (Å²) in [5.41, 5.74) is 3.57. The first-order chi connectivity index (χ1) is 9.97. The Hall–Kier alpha value is -2.42. The highest BCUT2D eigenvalue weighted by molar-refractivity contribution is 6.16. The molecule has 0 aliphatic heterocycles. The maximum atomic E-state index is 14.0. The molecule has 0 amide bonds. The monoisotopic (exact) mass is 281 g/mol. The molecular weight excluding hydrogens is 265 g/mol. The molecule has 3 aromatic rings. The van der Waals surface area contributed by atoms with E-state index in [1.165, 1.54) is 6.07 Å². The molecular formula is C18H16FNO. The molecule has 0 aliphatic carbocycles. The van der Waals surface area contributed by atoms with Crippen LogP contribution in [-0.2, 0) is 7.05 Å². The standard InChI is InChI=1S/C18H16FNO/c1-11-5-7-14(16(19)8-11)18(21)15-10-20(3)17-9-12(2)4-6-13(15)17/h4-10H,1-3H3. The third-order valence-corrected chi connectivity index (χ3v) is 3.76. The fourth-order valence-electron chi connectivity index (χ4n) is 2.62. The van der Waals surface area contributed by atoms with E-state index in [9.17, 15) is 9.18 Å². The van der Waals surface area contributed by atoms with Crippen molar-refractivity contribution in [2.45, 2.75) is 13.8 Å². The van der Waals surface area contributed by atoms with E-state index in [2.05, 4.69) is 0 Å². The SMILES string of the molecule is Cc1ccc(C(=O)c2cn(C)c3cc(C)ccc23)c(F)c1. The molecule has 21 heavy (non-hydrogen) atoms. The van der Waals surface area contributed by atoms with E-state index in [1.54, 1.807) is 25.3 Å². The Morgan fingerprint density at radius 1 is 1.00 bits per heavy atom. The molecule has 0 atom stereocenters. The average Bonchev–Trinajstić information content (AvgIpc) is 2.75. The molecule has 3 rings (SSSR count). The van der Waals surface area contributed by atoms with Gasteiger partial charge in [-0.05, 0) is 43.2 Å². The molecule has 106 valence electrons. The molecule has 0 saturated carbocycles. The maximum Gasteiger partial charge on any atom is 0.198 e. The quantitative estimate of drug-likeness (QED) is 0.646. The van der Waals surface area contributed by atoms with Gasteiger partial charge in [-0.2, -0.15) is 0 Å². The Morgan fingerprint density at radius 3 is 2.38 bits per heavy atom. The van der Waals surface area contributed by atoms with Crippen LogP contribution in [0.15, 0.2) is 42.6 Å². The molecule has 0 unspecified atom stereocenters. The largest absolute Gasteiger partial charge is 0.350 e. The van der Waals surface area contributed by atoms with Crippen molar-refractivity contribution in [1.82, 2.24) is 4.57 Å². The number of aromatic nitrogens is 1. The van der Waals surface area contributed by atoms with Crippen molar-refractivity contribution < 1.29 is 9.18 Å². The molecule has 0 radical (unpaired) electrons. The van der Waals surface area contributed by atoms with Crippen LogP contribution in [0.5, 0.6) is 0 Å². The van der Waals surface area contributed by atoms with Gasteiger partial charge in [0.15, 0.2) is 5.78 Å². The van der Waals surface area contributed by atoms with E-state index in [1.807, 2.05) is 36.7 Å². The highest BCUT2D eigenvalue weighted by atomic mass is 19.1. The lowest BCUT2D eigenvalue weighted by molar-refractivity contribution is 0.103. The number of rotatable bonds is 2. The zero-order chi connectivity index (χ0) is 15.1. The number of carbonyl (C=O) groups is 1. The summed E-state index contributed by atoms with van der Waals surface area (Å²) in [6, 6.07) is 10.6. The number of hydrogen-bond acceptors (Lipinski definition) is 1. The molecule has 0 saturated heterocycles. The van der Waals surface area contributed by atoms with Crippen LogP contribution in [0, 0.1) is 19.7 Å². The Balaban J connectivity index is 2.18. The molecule has 0 aliphatic rings. The number of benzene rings is 2. The molecule has 0 N–H and O–H groups in total. The first kappa shape index (κ1) is 13.6. The number of nitrogens with zero attached hydrogens (tertiary/aromatic N) is 1. The third kappa shape index (κ3) is 2.25. The predicted octanol–water partition coefficient (Wildman–Crippen LogP) is 4.17. The summed E-state index contributed by atoms with van der Waals surface area (Å²) in [6.45, 7) is 3.81. The second-order valence-corrected chi connectivity index (χ2v) is 5.49. The van der Waals surface area contributed by atoms with Gasteiger partial charge >= 0.3 is 0 Å². The Bertz CT molecular complexity index is 861. The van der Waals surface area contributed by atoms with Gasteiger partial charge in [0.05, 0.1) is 5.56 Å². The summed E-state index contributed by atoms with van der Waals surface area (Å²) < 4.78 is 15.9. The van der Waals surface area contributed by atoms with Crippen molar-refractivity contribution >= 4 is 16.7 Å². The van der Waals surface area contributed by atoms with Gasteiger partial charge in [-0.15, -0.1) is 0 Å². The summed E-state index contributed by atoms with van der Waals surface area (Å²) >= 11 is 0. The highest BCUT2D eigenvalue weighted by Crippen LogP contribution is 2.25. The van der Waals surface area contributed by atoms with Gasteiger partial charge < -0.3 is 4.57 Å². The van der Waals surface area contributed by atoms with Gasteiger partial charge in [-0.3, -0.25) is 4.79 Å². The van der Waals surface area contributed by atoms with Crippen LogP contribution < -0.4 is 0 Å². The van der Waals surface area contributed by atoms with E-state index >= 15 is 0 Å². The predicted molar refractivity (Wildman–Crippen MR) is 82.2 cm³/mol. The fraction of sp³-hybridized carbons (Fsp3) is 0.167. The first-order valence-corrected chi connectivity index (χ1v) is 6.84. The van der Waals surface area contributed by atoms with Gasteiger partial charge in [0, 0.05) is 29.7 Å². The minimum Gasteiger partial charge on any atom is -0.350 e. The lowest BCUT2D eigenvalue weighted by Gasteiger charge is -2.03. The van der Waals surface area contributed by atoms with Gasteiger partial charge in [-0.25, -0.2) is 4.39 Å². The van der Waals surface area contributed by atoms with Gasteiger partial charge in [0.2, 0.25) is 0 Å². The van der Waals surface area contributed by atoms with Crippen molar-refractivity contribution in [3.05, 3.63) is 70.7 Å². The molecule has 1 aromatic heterocycles. The zero-order valence-corrected chi connectivity index (χ0v) is 12.3. The van der Waals surface area contributed by atoms with Crippen LogP contribution in [0.4, 0.5) is 4.39 Å². The number of fused-ring (bicyclic) bond motifs is 1. The van der Waals surface area contributed by atoms with Crippen molar-refractivity contribution in [2.75, 3.05) is 0 Å². The second kappa shape index (κ2) is 4.85. The molecule has 3 heteroatoms. The molecule has 0 fully saturated rings. The lowest BCUT2D eigenvalue weighted by Crippen LogP contribution is -2.04. The lowest BCUT2D eigenvalue weighted by atomic mass is 10.0. The number of aryl methyl sites for hydroxylation is 3. The number of carbonyl (C=O) groups excluding carboxylic acids is 1. The van der Waals surface area contributed by atoms with E-state index in [0.717, 1.165) is 22.0 Å². The molecule has 1 heterocycles. The second-order valence-electron chi connectivity index (χ2n) is 5.49. The topological polar surface area (TPSA) is 22.0 Å². The van der Waals surface area contributed by atoms with Gasteiger partial charge in [-0.1, -0.05) is 18.2 Å². The highest BCUT2D eigenvalue weighted by Gasteiger charge is 2.18. The Morgan fingerprint density at radius 2 is 1.67 bits per heavy atom. The summed E-state index contributed by atoms with van der Waals surface area (Å²) in [6.07, 6.45) is 1.77. The Kier molecular flexibility index (Phi) is 3.13. The summed E-state index contributed by atoms with van der Waals surface area (Å²) in [4.78, 5) is 12.6. The average molecular weight is 281 g/mol. The molecule has 0 spiro atoms. The minimum absolute atomic E-state index is 0.119. The van der Waals surface area contributed by atoms with Gasteiger partial charge in [0.25, 0.3) is 0 Å². The zero-order valence-electron chi connectivity index (χ0n) is 12.3. The summed E-state index contributed by atoms with van der Waals surface area (Å²) in [7, 11) is 1.89. The van der Waals surface area contributed by atoms with E-state index in [-0.39, 0.29) is 11.3 Å². The molecule has 2 nitrogen and oxygen atoms in total. The van der Waals surface area contributed by atoms with Crippen LogP contribution in [0.3, 0.4) is 0 Å². The summed E-state index contributed by atoms with van der Waals surface area (Å²) in [5.74, 6) is -0.744. The smallest absolute Gasteiger partial charge is 0.198 e. The minimum atomic E-state index is -0.468. The van der Waals surface area contributed by atoms with Crippen LogP contribution in [0.2, 0.25) is 0 Å². The first-order valence-electron chi connectivity index (χ1n) is 6.84. The molecule has 0 bridgehead atoms. The van der Waals surface area contributed by atoms with Gasteiger partial charge in [0.1, 0.15) is 5.82 Å². The number of ketones is 1. The Labute approximate surface area is 122 Å². The number of halogens is 1. The van der Waals surface area contributed by atoms with E-state index in [0.29, 0.717) is 5.56 Å². The van der Waals surface area contributed by atoms with Crippen LogP contribution in [0.1, 0.15) is 27.0 Å². The summed E-state index contributed by atoms with van der Waals surface area (Å²) in [5, 5.41) is 0.855. The van der Waals surface area contributed by atoms with Crippen molar-refractivity contribution in [2.24, 2.45) is 7.05 Å². The van der Waals surface area contributed by atoms with Crippen molar-refractivity contribution in [1.29, 1.82) is 0 Å². The normalized spacial score (nSPS) is 11.0. The maximum absolute atomic E-state index is 14.0.